The molecule has 0 bridgehead atoms. The Morgan fingerprint density at radius 3 is 2.41 bits per heavy atom. The number of likely N-dealkylation sites (N-methyl/N-ethyl adjacent to an activating group) is 1. The molecule has 0 aliphatic heterocycles. The zero-order chi connectivity index (χ0) is 19.8. The van der Waals surface area contributed by atoms with E-state index in [9.17, 15) is 13.6 Å². The molecule has 0 aliphatic carbocycles. The highest BCUT2D eigenvalue weighted by atomic mass is 19.3. The summed E-state index contributed by atoms with van der Waals surface area (Å²) in [6.07, 6.45) is 2.71. The van der Waals surface area contributed by atoms with Gasteiger partial charge in [-0.05, 0) is 18.2 Å². The lowest BCUT2D eigenvalue weighted by Gasteiger charge is -2.17. The second-order valence-corrected chi connectivity index (χ2v) is 5.60. The van der Waals surface area contributed by atoms with Gasteiger partial charge in [0.25, 0.3) is 0 Å². The summed E-state index contributed by atoms with van der Waals surface area (Å²) < 4.78 is 40.2. The van der Waals surface area contributed by atoms with E-state index in [1.54, 1.807) is 26.3 Å². The molecule has 1 amide bonds. The third-order valence-electron chi connectivity index (χ3n) is 3.82. The van der Waals surface area contributed by atoms with Crippen LogP contribution in [0, 0.1) is 0 Å². The molecule has 144 valence electrons. The van der Waals surface area contributed by atoms with E-state index in [1.807, 2.05) is 24.3 Å². The summed E-state index contributed by atoms with van der Waals surface area (Å²) in [5.41, 5.74) is 1.17. The van der Waals surface area contributed by atoms with Crippen molar-refractivity contribution in [3.63, 3.8) is 0 Å². The van der Waals surface area contributed by atoms with Gasteiger partial charge in [0, 0.05) is 30.8 Å². The van der Waals surface area contributed by atoms with E-state index < -0.39 is 6.61 Å². The zero-order valence-corrected chi connectivity index (χ0v) is 15.3. The summed E-state index contributed by atoms with van der Waals surface area (Å²) >= 11 is 0. The number of benzene rings is 2. The van der Waals surface area contributed by atoms with Crippen molar-refractivity contribution < 1.29 is 27.8 Å². The van der Waals surface area contributed by atoms with Gasteiger partial charge in [-0.15, -0.1) is 0 Å². The van der Waals surface area contributed by atoms with E-state index in [1.165, 1.54) is 30.2 Å². The number of rotatable bonds is 8. The number of ether oxygens (including phenoxy) is 3. The highest BCUT2D eigenvalue weighted by Crippen LogP contribution is 2.33. The number of hydrogen-bond donors (Lipinski definition) is 0. The van der Waals surface area contributed by atoms with Crippen LogP contribution in [-0.2, 0) is 11.3 Å². The second kappa shape index (κ2) is 9.56. The number of carbonyl (C=O) groups is 1. The average Bonchev–Trinajstić information content (AvgIpc) is 2.66. The molecule has 0 fully saturated rings. The lowest BCUT2D eigenvalue weighted by atomic mass is 10.1. The van der Waals surface area contributed by atoms with Crippen LogP contribution in [0.2, 0.25) is 0 Å². The molecule has 2 aromatic rings. The molecular weight excluding hydrogens is 356 g/mol. The number of hydrogen-bond acceptors (Lipinski definition) is 4. The molecule has 5 nitrogen and oxygen atoms in total. The molecule has 0 unspecified atom stereocenters. The van der Waals surface area contributed by atoms with Gasteiger partial charge >= 0.3 is 6.61 Å². The van der Waals surface area contributed by atoms with Crippen LogP contribution in [0.25, 0.3) is 6.08 Å². The Bertz CT molecular complexity index is 808. The maximum Gasteiger partial charge on any atom is 0.387 e. The van der Waals surface area contributed by atoms with E-state index >= 15 is 0 Å². The third kappa shape index (κ3) is 5.44. The van der Waals surface area contributed by atoms with Crippen molar-refractivity contribution in [3.05, 3.63) is 59.7 Å². The van der Waals surface area contributed by atoms with Gasteiger partial charge in [0.1, 0.15) is 5.75 Å². The number of alkyl halides is 2. The summed E-state index contributed by atoms with van der Waals surface area (Å²) in [6.45, 7) is -2.66. The summed E-state index contributed by atoms with van der Waals surface area (Å²) in [7, 11) is 4.56. The van der Waals surface area contributed by atoms with Crippen molar-refractivity contribution in [1.29, 1.82) is 0 Å². The molecule has 27 heavy (non-hydrogen) atoms. The van der Waals surface area contributed by atoms with Crippen LogP contribution >= 0.6 is 0 Å². The number of carbonyl (C=O) groups excluding carboxylic acids is 1. The fraction of sp³-hybridized carbons (Fsp3) is 0.250. The molecule has 2 rings (SSSR count). The minimum Gasteiger partial charge on any atom is -0.496 e. The van der Waals surface area contributed by atoms with Crippen LogP contribution in [0.5, 0.6) is 17.2 Å². The van der Waals surface area contributed by atoms with E-state index in [0.29, 0.717) is 17.9 Å². The fourth-order valence-electron chi connectivity index (χ4n) is 2.50. The van der Waals surface area contributed by atoms with Gasteiger partial charge < -0.3 is 19.1 Å². The van der Waals surface area contributed by atoms with E-state index in [2.05, 4.69) is 4.74 Å². The van der Waals surface area contributed by atoms with Gasteiger partial charge in [-0.2, -0.15) is 8.78 Å². The normalized spacial score (nSPS) is 10.9. The van der Waals surface area contributed by atoms with Crippen molar-refractivity contribution >= 4 is 12.0 Å². The smallest absolute Gasteiger partial charge is 0.387 e. The number of para-hydroxylation sites is 2. The maximum absolute atomic E-state index is 12.7. The lowest BCUT2D eigenvalue weighted by molar-refractivity contribution is -0.125. The zero-order valence-electron chi connectivity index (χ0n) is 15.3. The Morgan fingerprint density at radius 2 is 1.74 bits per heavy atom. The molecule has 0 aliphatic rings. The summed E-state index contributed by atoms with van der Waals surface area (Å²) in [4.78, 5) is 13.9. The first-order valence-electron chi connectivity index (χ1n) is 8.13. The molecule has 0 heterocycles. The highest BCUT2D eigenvalue weighted by Gasteiger charge is 2.15. The Hall–Kier alpha value is -3.09. The molecule has 2 aromatic carbocycles. The van der Waals surface area contributed by atoms with Gasteiger partial charge in [-0.25, -0.2) is 0 Å². The Kier molecular flexibility index (Phi) is 7.16. The largest absolute Gasteiger partial charge is 0.496 e. The van der Waals surface area contributed by atoms with Gasteiger partial charge in [0.15, 0.2) is 11.5 Å². The minimum atomic E-state index is -3.00. The van der Waals surface area contributed by atoms with Crippen LogP contribution in [0.1, 0.15) is 11.1 Å². The van der Waals surface area contributed by atoms with Crippen LogP contribution < -0.4 is 14.2 Å². The van der Waals surface area contributed by atoms with Crippen LogP contribution in [0.15, 0.2) is 48.5 Å². The monoisotopic (exact) mass is 377 g/mol. The lowest BCUT2D eigenvalue weighted by Crippen LogP contribution is -2.24. The molecule has 0 N–H and O–H groups in total. The molecule has 7 heteroatoms. The first-order chi connectivity index (χ1) is 13.0. The van der Waals surface area contributed by atoms with Crippen molar-refractivity contribution in [2.75, 3.05) is 21.3 Å². The molecule has 0 saturated carbocycles. The SMILES string of the molecule is COc1ccccc1CN(C)C(=O)C=Cc1cccc(OC)c1OC(F)F. The first-order valence-corrected chi connectivity index (χ1v) is 8.13. The van der Waals surface area contributed by atoms with Gasteiger partial charge in [-0.3, -0.25) is 4.79 Å². The molecule has 0 aromatic heterocycles. The summed E-state index contributed by atoms with van der Waals surface area (Å²) in [5.74, 6) is 0.423. The molecule has 0 saturated heterocycles. The maximum atomic E-state index is 12.7. The molecular formula is C20H21F2NO4. The van der Waals surface area contributed by atoms with E-state index in [4.69, 9.17) is 9.47 Å². The van der Waals surface area contributed by atoms with Crippen LogP contribution in [-0.4, -0.2) is 38.7 Å². The number of amides is 1. The van der Waals surface area contributed by atoms with Gasteiger partial charge in [0.2, 0.25) is 5.91 Å². The average molecular weight is 377 g/mol. The van der Waals surface area contributed by atoms with Crippen molar-refractivity contribution in [2.24, 2.45) is 0 Å². The topological polar surface area (TPSA) is 48.0 Å². The molecule has 0 spiro atoms. The van der Waals surface area contributed by atoms with Crippen molar-refractivity contribution in [2.45, 2.75) is 13.2 Å². The number of nitrogens with zero attached hydrogens (tertiary/aromatic N) is 1. The predicted octanol–water partition coefficient (Wildman–Crippen LogP) is 3.98. The van der Waals surface area contributed by atoms with Gasteiger partial charge in [-0.1, -0.05) is 30.3 Å². The predicted molar refractivity (Wildman–Crippen MR) is 98.1 cm³/mol. The fourth-order valence-corrected chi connectivity index (χ4v) is 2.50. The Balaban J connectivity index is 2.16. The Labute approximate surface area is 156 Å². The Morgan fingerprint density at radius 1 is 1.07 bits per heavy atom. The summed E-state index contributed by atoms with van der Waals surface area (Å²) in [6, 6.07) is 12.1. The number of halogens is 2. The minimum absolute atomic E-state index is 0.119. The quantitative estimate of drug-likeness (QED) is 0.653. The molecule has 0 radical (unpaired) electrons. The summed E-state index contributed by atoms with van der Waals surface area (Å²) in [5, 5.41) is 0. The first kappa shape index (κ1) is 20.2. The van der Waals surface area contributed by atoms with Crippen molar-refractivity contribution in [3.8, 4) is 17.2 Å². The third-order valence-corrected chi connectivity index (χ3v) is 3.82. The van der Waals surface area contributed by atoms with Gasteiger partial charge in [0.05, 0.1) is 14.2 Å². The highest BCUT2D eigenvalue weighted by molar-refractivity contribution is 5.92. The molecule has 0 atom stereocenters. The van der Waals surface area contributed by atoms with Crippen LogP contribution in [0.3, 0.4) is 0 Å². The standard InChI is InChI=1S/C20H21F2NO4/c1-23(13-15-7-4-5-9-16(15)25-2)18(24)12-11-14-8-6-10-17(26-3)19(14)27-20(21)22/h4-12,20H,13H2,1-3H3. The van der Waals surface area contributed by atoms with Crippen molar-refractivity contribution in [1.82, 2.24) is 4.90 Å². The van der Waals surface area contributed by atoms with E-state index in [-0.39, 0.29) is 17.4 Å². The second-order valence-electron chi connectivity index (χ2n) is 5.60. The van der Waals surface area contributed by atoms with Crippen LogP contribution in [0.4, 0.5) is 8.78 Å². The number of methoxy groups -OCH3 is 2. The van der Waals surface area contributed by atoms with E-state index in [0.717, 1.165) is 5.56 Å².